The van der Waals surface area contributed by atoms with Crippen molar-refractivity contribution < 1.29 is 27.0 Å². The Morgan fingerprint density at radius 1 is 1.14 bits per heavy atom. The van der Waals surface area contributed by atoms with Crippen molar-refractivity contribution in [3.8, 4) is 17.2 Å². The smallest absolute Gasteiger partial charge is 0.461 e. The summed E-state index contributed by atoms with van der Waals surface area (Å²) < 4.78 is 63.0. The van der Waals surface area contributed by atoms with Gasteiger partial charge in [0.1, 0.15) is 11.5 Å². The first-order chi connectivity index (χ1) is 16.6. The van der Waals surface area contributed by atoms with Crippen molar-refractivity contribution in [3.63, 3.8) is 0 Å². The SMILES string of the molecule is COc1cc(Nc2nc(C)c(Cc3cccc(OC(F)(F)C(F)F)c3)s2)ccc1-n1cnc(C)c1. The summed E-state index contributed by atoms with van der Waals surface area (Å²) in [6, 6.07) is 11.4. The maximum absolute atomic E-state index is 13.2. The predicted molar refractivity (Wildman–Crippen MR) is 126 cm³/mol. The molecule has 2 heterocycles. The number of benzene rings is 2. The molecule has 0 bridgehead atoms. The number of aromatic nitrogens is 3. The van der Waals surface area contributed by atoms with Gasteiger partial charge in [-0.15, -0.1) is 11.3 Å². The Morgan fingerprint density at radius 2 is 1.94 bits per heavy atom. The van der Waals surface area contributed by atoms with Crippen molar-refractivity contribution in [2.24, 2.45) is 0 Å². The third kappa shape index (κ3) is 5.73. The van der Waals surface area contributed by atoms with Gasteiger partial charge in [-0.1, -0.05) is 12.1 Å². The van der Waals surface area contributed by atoms with E-state index in [2.05, 4.69) is 20.0 Å². The van der Waals surface area contributed by atoms with Crippen LogP contribution in [-0.2, 0) is 6.42 Å². The number of hydrogen-bond donors (Lipinski definition) is 1. The van der Waals surface area contributed by atoms with E-state index in [1.54, 1.807) is 19.5 Å². The van der Waals surface area contributed by atoms with E-state index in [4.69, 9.17) is 4.74 Å². The molecule has 0 unspecified atom stereocenters. The Balaban J connectivity index is 1.49. The summed E-state index contributed by atoms with van der Waals surface area (Å²) in [7, 11) is 1.59. The van der Waals surface area contributed by atoms with E-state index >= 15 is 0 Å². The van der Waals surface area contributed by atoms with E-state index in [-0.39, 0.29) is 5.75 Å². The molecule has 0 radical (unpaired) electrons. The van der Waals surface area contributed by atoms with Gasteiger partial charge in [-0.3, -0.25) is 0 Å². The Bertz CT molecular complexity index is 1320. The maximum Gasteiger partial charge on any atom is 0.461 e. The Labute approximate surface area is 203 Å². The van der Waals surface area contributed by atoms with Crippen LogP contribution in [0.5, 0.6) is 11.5 Å². The van der Waals surface area contributed by atoms with Gasteiger partial charge in [-0.05, 0) is 43.7 Å². The lowest BCUT2D eigenvalue weighted by atomic mass is 10.1. The number of rotatable bonds is 9. The topological polar surface area (TPSA) is 61.2 Å². The lowest BCUT2D eigenvalue weighted by Gasteiger charge is -2.17. The zero-order valence-electron chi connectivity index (χ0n) is 19.1. The lowest BCUT2D eigenvalue weighted by Crippen LogP contribution is -2.33. The second-order valence-electron chi connectivity index (χ2n) is 7.75. The maximum atomic E-state index is 13.2. The molecule has 0 aliphatic heterocycles. The molecule has 0 amide bonds. The summed E-state index contributed by atoms with van der Waals surface area (Å²) >= 11 is 1.40. The van der Waals surface area contributed by atoms with Crippen LogP contribution in [0.4, 0.5) is 28.4 Å². The summed E-state index contributed by atoms with van der Waals surface area (Å²) in [4.78, 5) is 9.68. The fourth-order valence-electron chi connectivity index (χ4n) is 3.40. The molecule has 35 heavy (non-hydrogen) atoms. The van der Waals surface area contributed by atoms with Crippen LogP contribution in [0.25, 0.3) is 5.69 Å². The highest BCUT2D eigenvalue weighted by Crippen LogP contribution is 2.33. The van der Waals surface area contributed by atoms with Crippen molar-refractivity contribution in [2.45, 2.75) is 32.8 Å². The average Bonchev–Trinajstić information content (AvgIpc) is 3.38. The zero-order valence-corrected chi connectivity index (χ0v) is 19.9. The molecular formula is C24H22F4N4O2S. The summed E-state index contributed by atoms with van der Waals surface area (Å²) in [6.45, 7) is 3.75. The molecule has 0 saturated heterocycles. The highest BCUT2D eigenvalue weighted by Gasteiger charge is 2.44. The predicted octanol–water partition coefficient (Wildman–Crippen LogP) is 6.53. The van der Waals surface area contributed by atoms with Gasteiger partial charge in [-0.2, -0.15) is 17.6 Å². The third-order valence-corrected chi connectivity index (χ3v) is 6.16. The average molecular weight is 507 g/mol. The van der Waals surface area contributed by atoms with Gasteiger partial charge in [0.15, 0.2) is 5.13 Å². The number of nitrogens with one attached hydrogen (secondary N) is 1. The first-order valence-electron chi connectivity index (χ1n) is 10.5. The number of methoxy groups -OCH3 is 1. The molecule has 0 spiro atoms. The molecule has 0 saturated carbocycles. The van der Waals surface area contributed by atoms with E-state index in [9.17, 15) is 17.6 Å². The second-order valence-corrected chi connectivity index (χ2v) is 8.83. The van der Waals surface area contributed by atoms with Crippen molar-refractivity contribution in [1.29, 1.82) is 0 Å². The van der Waals surface area contributed by atoms with Gasteiger partial charge in [0, 0.05) is 29.2 Å². The van der Waals surface area contributed by atoms with Crippen molar-refractivity contribution >= 4 is 22.2 Å². The zero-order chi connectivity index (χ0) is 25.2. The van der Waals surface area contributed by atoms with Crippen LogP contribution in [0, 0.1) is 13.8 Å². The summed E-state index contributed by atoms with van der Waals surface area (Å²) in [5.41, 5.74) is 3.90. The summed E-state index contributed by atoms with van der Waals surface area (Å²) in [6.07, 6.45) is -4.48. The van der Waals surface area contributed by atoms with Gasteiger partial charge < -0.3 is 19.4 Å². The normalized spacial score (nSPS) is 11.7. The molecule has 4 aromatic rings. The molecule has 0 aliphatic carbocycles. The third-order valence-electron chi connectivity index (χ3n) is 5.08. The van der Waals surface area contributed by atoms with Crippen LogP contribution in [0.3, 0.4) is 0 Å². The molecule has 0 aliphatic rings. The Kier molecular flexibility index (Phi) is 6.97. The fourth-order valence-corrected chi connectivity index (χ4v) is 4.41. The first kappa shape index (κ1) is 24.5. The van der Waals surface area contributed by atoms with Gasteiger partial charge in [0.2, 0.25) is 0 Å². The number of nitrogens with zero attached hydrogens (tertiary/aromatic N) is 3. The highest BCUT2D eigenvalue weighted by molar-refractivity contribution is 7.15. The van der Waals surface area contributed by atoms with E-state index in [1.807, 2.05) is 42.8 Å². The van der Waals surface area contributed by atoms with Crippen molar-refractivity contribution in [3.05, 3.63) is 76.8 Å². The standard InChI is InChI=1S/C24H22F4N4O2S/c1-14-12-32(13-29-14)19-8-7-17(11-20(19)33-3)31-23-30-15(2)21(35-23)10-16-5-4-6-18(9-16)34-24(27,28)22(25)26/h4-9,11-13,22H,10H2,1-3H3,(H,30,31). The van der Waals surface area contributed by atoms with Crippen molar-refractivity contribution in [2.75, 3.05) is 12.4 Å². The number of aryl methyl sites for hydroxylation is 2. The Morgan fingerprint density at radius 3 is 2.63 bits per heavy atom. The molecule has 0 atom stereocenters. The van der Waals surface area contributed by atoms with E-state index in [0.717, 1.165) is 27.6 Å². The first-order valence-corrected chi connectivity index (χ1v) is 11.3. The van der Waals surface area contributed by atoms with Crippen molar-refractivity contribution in [1.82, 2.24) is 14.5 Å². The molecule has 184 valence electrons. The van der Waals surface area contributed by atoms with Gasteiger partial charge >= 0.3 is 12.5 Å². The van der Waals surface area contributed by atoms with E-state index < -0.39 is 12.5 Å². The minimum absolute atomic E-state index is 0.325. The molecule has 4 rings (SSSR count). The van der Waals surface area contributed by atoms with Gasteiger partial charge in [-0.25, -0.2) is 9.97 Å². The molecule has 11 heteroatoms. The van der Waals surface area contributed by atoms with Gasteiger partial charge in [0.05, 0.1) is 30.5 Å². The molecule has 6 nitrogen and oxygen atoms in total. The van der Waals surface area contributed by atoms with Crippen LogP contribution in [0.15, 0.2) is 55.0 Å². The fraction of sp³-hybridized carbons (Fsp3) is 0.250. The number of anilines is 2. The lowest BCUT2D eigenvalue weighted by molar-refractivity contribution is -0.253. The number of hydrogen-bond acceptors (Lipinski definition) is 6. The Hall–Kier alpha value is -3.60. The van der Waals surface area contributed by atoms with Crippen LogP contribution in [0.1, 0.15) is 21.8 Å². The van der Waals surface area contributed by atoms with E-state index in [1.165, 1.54) is 29.5 Å². The van der Waals surface area contributed by atoms with Crippen LogP contribution in [-0.4, -0.2) is 34.2 Å². The number of alkyl halides is 4. The largest absolute Gasteiger partial charge is 0.494 e. The monoisotopic (exact) mass is 506 g/mol. The minimum Gasteiger partial charge on any atom is -0.494 e. The molecule has 2 aromatic heterocycles. The number of halogens is 4. The van der Waals surface area contributed by atoms with Gasteiger partial charge in [0.25, 0.3) is 0 Å². The highest BCUT2D eigenvalue weighted by atomic mass is 32.1. The second kappa shape index (κ2) is 9.95. The van der Waals surface area contributed by atoms with Crippen LogP contribution >= 0.6 is 11.3 Å². The molecule has 0 fully saturated rings. The molecular weight excluding hydrogens is 484 g/mol. The summed E-state index contributed by atoms with van der Waals surface area (Å²) in [5, 5.41) is 3.90. The number of ether oxygens (including phenoxy) is 2. The number of imidazole rings is 1. The van der Waals surface area contributed by atoms with Crippen LogP contribution < -0.4 is 14.8 Å². The van der Waals surface area contributed by atoms with E-state index in [0.29, 0.717) is 22.9 Å². The molecule has 2 aromatic carbocycles. The van der Waals surface area contributed by atoms with Crippen LogP contribution in [0.2, 0.25) is 0 Å². The minimum atomic E-state index is -4.55. The molecule has 1 N–H and O–H groups in total. The number of thiazole rings is 1. The summed E-state index contributed by atoms with van der Waals surface area (Å²) in [5.74, 6) is 0.326. The quantitative estimate of drug-likeness (QED) is 0.262.